The van der Waals surface area contributed by atoms with Gasteiger partial charge in [-0.3, -0.25) is 19.3 Å². The van der Waals surface area contributed by atoms with Gasteiger partial charge in [-0.15, -0.1) is 0 Å². The molecular formula is C32H16Cl3N3O4S. The van der Waals surface area contributed by atoms with Gasteiger partial charge in [0.05, 0.1) is 33.4 Å². The summed E-state index contributed by atoms with van der Waals surface area (Å²) in [6.07, 6.45) is 0. The number of aromatic nitrogens is 1. The van der Waals surface area contributed by atoms with Crippen LogP contribution in [0.25, 0.3) is 21.2 Å². The van der Waals surface area contributed by atoms with E-state index >= 15 is 4.79 Å². The molecule has 2 aliphatic rings. The van der Waals surface area contributed by atoms with Crippen molar-refractivity contribution in [2.45, 2.75) is 12.1 Å². The van der Waals surface area contributed by atoms with Gasteiger partial charge in [-0.05, 0) is 54.1 Å². The molecule has 0 aliphatic carbocycles. The third kappa shape index (κ3) is 3.61. The number of thiazole rings is 1. The second kappa shape index (κ2) is 9.39. The summed E-state index contributed by atoms with van der Waals surface area (Å²) in [5, 5.41) is 1.68. The second-order valence-corrected chi connectivity index (χ2v) is 12.5. The van der Waals surface area contributed by atoms with Crippen LogP contribution in [-0.4, -0.2) is 16.8 Å². The Morgan fingerprint density at radius 2 is 1.60 bits per heavy atom. The van der Waals surface area contributed by atoms with E-state index in [1.165, 1.54) is 28.4 Å². The van der Waals surface area contributed by atoms with E-state index in [9.17, 15) is 9.59 Å². The summed E-state index contributed by atoms with van der Waals surface area (Å²) < 4.78 is 6.85. The number of carbonyl (C=O) groups is 2. The van der Waals surface area contributed by atoms with Crippen LogP contribution in [0.15, 0.2) is 94.1 Å². The molecule has 0 saturated carbocycles. The molecule has 43 heavy (non-hydrogen) atoms. The lowest BCUT2D eigenvalue weighted by Gasteiger charge is -2.32. The van der Waals surface area contributed by atoms with E-state index in [1.54, 1.807) is 59.5 Å². The second-order valence-electron chi connectivity index (χ2n) is 10.2. The van der Waals surface area contributed by atoms with Gasteiger partial charge in [-0.2, -0.15) is 0 Å². The molecule has 0 bridgehead atoms. The van der Waals surface area contributed by atoms with Crippen LogP contribution in [0.4, 0.5) is 10.8 Å². The Bertz CT molecular complexity index is 2270. The number of fused-ring (bicyclic) bond motifs is 6. The predicted octanol–water partition coefficient (Wildman–Crippen LogP) is 7.81. The van der Waals surface area contributed by atoms with Crippen LogP contribution in [0.1, 0.15) is 27.2 Å². The fourth-order valence-corrected chi connectivity index (χ4v) is 7.73. The molecule has 2 amide bonds. The van der Waals surface area contributed by atoms with E-state index < -0.39 is 22.8 Å². The van der Waals surface area contributed by atoms with Crippen LogP contribution in [-0.2, 0) is 16.9 Å². The topological polar surface area (TPSA) is 83.7 Å². The molecule has 11 heteroatoms. The van der Waals surface area contributed by atoms with E-state index in [2.05, 4.69) is 0 Å². The zero-order valence-electron chi connectivity index (χ0n) is 21.8. The van der Waals surface area contributed by atoms with Crippen molar-refractivity contribution in [2.75, 3.05) is 9.80 Å². The van der Waals surface area contributed by atoms with Gasteiger partial charge in [0, 0.05) is 20.6 Å². The molecule has 1 unspecified atom stereocenters. The van der Waals surface area contributed by atoms with Gasteiger partial charge in [0.1, 0.15) is 5.58 Å². The summed E-state index contributed by atoms with van der Waals surface area (Å²) in [7, 11) is 0. The minimum absolute atomic E-state index is 0.0799. The van der Waals surface area contributed by atoms with Crippen molar-refractivity contribution in [1.82, 2.24) is 4.98 Å². The van der Waals surface area contributed by atoms with Crippen molar-refractivity contribution >= 4 is 90.0 Å². The minimum Gasteiger partial charge on any atom is -0.450 e. The number of hydrogen-bond acceptors (Lipinski definition) is 6. The maximum atomic E-state index is 15.1. The van der Waals surface area contributed by atoms with Crippen LogP contribution in [0.2, 0.25) is 15.1 Å². The first-order chi connectivity index (χ1) is 20.8. The summed E-state index contributed by atoms with van der Waals surface area (Å²) in [6, 6.07) is 24.1. The fourth-order valence-electron chi connectivity index (χ4n) is 6.07. The zero-order valence-corrected chi connectivity index (χ0v) is 24.9. The number of rotatable bonds is 3. The van der Waals surface area contributed by atoms with E-state index in [1.807, 2.05) is 18.2 Å². The van der Waals surface area contributed by atoms with Gasteiger partial charge < -0.3 is 9.32 Å². The lowest BCUT2D eigenvalue weighted by atomic mass is 9.84. The first-order valence-corrected chi connectivity index (χ1v) is 15.1. The minimum atomic E-state index is -1.90. The molecule has 210 valence electrons. The highest BCUT2D eigenvalue weighted by Gasteiger charge is 2.66. The number of carbonyl (C=O) groups excluding carboxylic acids is 2. The highest BCUT2D eigenvalue weighted by Crippen LogP contribution is 2.55. The quantitative estimate of drug-likeness (QED) is 0.196. The number of halogens is 3. The van der Waals surface area contributed by atoms with Crippen molar-refractivity contribution in [3.05, 3.63) is 133 Å². The first kappa shape index (κ1) is 26.4. The Labute approximate surface area is 262 Å². The van der Waals surface area contributed by atoms with Crippen molar-refractivity contribution in [3.63, 3.8) is 0 Å². The van der Waals surface area contributed by atoms with Crippen LogP contribution in [0, 0.1) is 0 Å². The summed E-state index contributed by atoms with van der Waals surface area (Å²) >= 11 is 20.3. The Morgan fingerprint density at radius 3 is 2.44 bits per heavy atom. The molecule has 0 saturated heterocycles. The zero-order chi connectivity index (χ0) is 29.6. The number of benzene rings is 4. The van der Waals surface area contributed by atoms with E-state index in [4.69, 9.17) is 44.2 Å². The van der Waals surface area contributed by atoms with Crippen molar-refractivity contribution in [3.8, 4) is 0 Å². The van der Waals surface area contributed by atoms with Gasteiger partial charge >= 0.3 is 0 Å². The molecular weight excluding hydrogens is 629 g/mol. The van der Waals surface area contributed by atoms with Crippen molar-refractivity contribution in [2.24, 2.45) is 0 Å². The Hall–Kier alpha value is -4.21. The van der Waals surface area contributed by atoms with Crippen LogP contribution in [0.3, 0.4) is 0 Å². The Balaban J connectivity index is 1.46. The average Bonchev–Trinajstić information content (AvgIpc) is 3.60. The number of amides is 2. The first-order valence-electron chi connectivity index (χ1n) is 13.1. The molecule has 7 nitrogen and oxygen atoms in total. The van der Waals surface area contributed by atoms with Crippen molar-refractivity contribution in [1.29, 1.82) is 0 Å². The average molecular weight is 645 g/mol. The molecule has 2 aromatic heterocycles. The normalized spacial score (nSPS) is 17.5. The van der Waals surface area contributed by atoms with Gasteiger partial charge in [0.25, 0.3) is 11.8 Å². The van der Waals surface area contributed by atoms with Gasteiger partial charge in [0.2, 0.25) is 5.76 Å². The van der Waals surface area contributed by atoms with Crippen LogP contribution in [0.5, 0.6) is 0 Å². The third-order valence-corrected chi connectivity index (χ3v) is 9.75. The molecule has 4 heterocycles. The van der Waals surface area contributed by atoms with Gasteiger partial charge in [-0.1, -0.05) is 82.5 Å². The van der Waals surface area contributed by atoms with E-state index in [0.717, 1.165) is 0 Å². The monoisotopic (exact) mass is 643 g/mol. The lowest BCUT2D eigenvalue weighted by Crippen LogP contribution is -2.53. The van der Waals surface area contributed by atoms with Crippen LogP contribution < -0.4 is 15.2 Å². The van der Waals surface area contributed by atoms with E-state index in [-0.39, 0.29) is 34.0 Å². The Kier molecular flexibility index (Phi) is 5.77. The van der Waals surface area contributed by atoms with E-state index in [0.29, 0.717) is 42.1 Å². The summed E-state index contributed by atoms with van der Waals surface area (Å²) in [5.74, 6) is -1.39. The molecule has 0 N–H and O–H groups in total. The molecule has 2 aliphatic heterocycles. The third-order valence-electron chi connectivity index (χ3n) is 7.90. The van der Waals surface area contributed by atoms with Gasteiger partial charge in [0.15, 0.2) is 16.1 Å². The maximum absolute atomic E-state index is 15.1. The van der Waals surface area contributed by atoms with Crippen molar-refractivity contribution < 1.29 is 14.0 Å². The fraction of sp³-hybridized carbons (Fsp3) is 0.0625. The maximum Gasteiger partial charge on any atom is 0.297 e. The number of nitrogens with zero attached hydrogens (tertiary/aromatic N) is 3. The molecule has 6 aromatic rings. The highest BCUT2D eigenvalue weighted by molar-refractivity contribution is 7.22. The summed E-state index contributed by atoms with van der Waals surface area (Å²) in [5.41, 5.74) is -0.0538. The largest absolute Gasteiger partial charge is 0.450 e. The lowest BCUT2D eigenvalue weighted by molar-refractivity contribution is -0.121. The number of hydrogen-bond donors (Lipinski definition) is 0. The molecule has 8 rings (SSSR count). The summed E-state index contributed by atoms with van der Waals surface area (Å²) in [4.78, 5) is 51.5. The Morgan fingerprint density at radius 1 is 0.860 bits per heavy atom. The standard InChI is InChI=1S/C32H16Cl3N3O4S/c33-17-10-12-24-19(13-17)27(39)26-28(42-24)29(40)38(31-36-22-11-9-18(34)14-25(22)43-31)32(26)20-6-2-4-8-23(20)37(30(32)41)15-16-5-1-3-7-21(16)35/h1-14H,15H2. The highest BCUT2D eigenvalue weighted by atomic mass is 35.5. The predicted molar refractivity (Wildman–Crippen MR) is 169 cm³/mol. The summed E-state index contributed by atoms with van der Waals surface area (Å²) in [6.45, 7) is 0.106. The smallest absolute Gasteiger partial charge is 0.297 e. The SMILES string of the molecule is O=C1c2oc3ccc(Cl)cc3c(=O)c2C2(C(=O)N(Cc3ccccc3Cl)c3ccccc32)N1c1nc2ccc(Cl)cc2s1. The molecule has 4 aromatic carbocycles. The van der Waals surface area contributed by atoms with Crippen LogP contribution >= 0.6 is 46.1 Å². The molecule has 0 radical (unpaired) electrons. The number of anilines is 2. The molecule has 1 atom stereocenters. The molecule has 0 fully saturated rings. The molecule has 1 spiro atoms. The van der Waals surface area contributed by atoms with Gasteiger partial charge in [-0.25, -0.2) is 4.98 Å². The number of para-hydroxylation sites is 1.